The van der Waals surface area contributed by atoms with Crippen molar-refractivity contribution in [1.29, 1.82) is 0 Å². The fourth-order valence-corrected chi connectivity index (χ4v) is 3.17. The van der Waals surface area contributed by atoms with E-state index in [2.05, 4.69) is 16.0 Å². The molecule has 1 fully saturated rings. The summed E-state index contributed by atoms with van der Waals surface area (Å²) in [6, 6.07) is -2.34. The quantitative estimate of drug-likeness (QED) is 0.199. The molecule has 13 nitrogen and oxygen atoms in total. The van der Waals surface area contributed by atoms with Crippen LogP contribution in [0.1, 0.15) is 54.4 Å². The Labute approximate surface area is 204 Å². The maximum absolute atomic E-state index is 12.6. The number of hydrogen-bond donors (Lipinski definition) is 6. The zero-order chi connectivity index (χ0) is 26.9. The lowest BCUT2D eigenvalue weighted by Gasteiger charge is -2.40. The van der Waals surface area contributed by atoms with Crippen LogP contribution in [-0.4, -0.2) is 94.6 Å². The second-order valence-electron chi connectivity index (χ2n) is 9.66. The molecule has 1 heterocycles. The Morgan fingerprint density at radius 1 is 1.03 bits per heavy atom. The third-order valence-electron chi connectivity index (χ3n) is 4.94. The van der Waals surface area contributed by atoms with Crippen molar-refractivity contribution in [2.45, 2.75) is 96.7 Å². The van der Waals surface area contributed by atoms with E-state index in [1.807, 2.05) is 0 Å². The molecule has 0 aromatic rings. The van der Waals surface area contributed by atoms with Crippen molar-refractivity contribution in [3.63, 3.8) is 0 Å². The number of esters is 1. The van der Waals surface area contributed by atoms with E-state index in [1.165, 1.54) is 0 Å². The summed E-state index contributed by atoms with van der Waals surface area (Å²) in [6.07, 6.45) is -6.12. The van der Waals surface area contributed by atoms with E-state index in [4.69, 9.17) is 14.2 Å². The lowest BCUT2D eigenvalue weighted by molar-refractivity contribution is -0.256. The molecule has 0 aliphatic carbocycles. The van der Waals surface area contributed by atoms with Gasteiger partial charge in [-0.1, -0.05) is 20.8 Å². The fraction of sp³-hybridized carbons (Fsp3) is 0.818. The normalized spacial score (nSPS) is 25.4. The van der Waals surface area contributed by atoms with Crippen LogP contribution in [0, 0.1) is 5.92 Å². The van der Waals surface area contributed by atoms with Crippen molar-refractivity contribution in [1.82, 2.24) is 16.0 Å². The van der Waals surface area contributed by atoms with Gasteiger partial charge in [0.2, 0.25) is 11.8 Å². The zero-order valence-corrected chi connectivity index (χ0v) is 21.1. The molecular formula is C22H39N3O10. The molecule has 1 unspecified atom stereocenters. The van der Waals surface area contributed by atoms with Gasteiger partial charge in [0.05, 0.1) is 0 Å². The summed E-state index contributed by atoms with van der Waals surface area (Å²) in [7, 11) is 0. The Kier molecular flexibility index (Phi) is 11.8. The molecule has 6 atom stereocenters. The van der Waals surface area contributed by atoms with E-state index in [1.54, 1.807) is 41.5 Å². The van der Waals surface area contributed by atoms with Gasteiger partial charge >= 0.3 is 12.1 Å². The van der Waals surface area contributed by atoms with Crippen LogP contribution in [0.25, 0.3) is 0 Å². The molecule has 0 spiro atoms. The average Bonchev–Trinajstić information content (AvgIpc) is 2.73. The molecule has 0 aromatic carbocycles. The monoisotopic (exact) mass is 505 g/mol. The summed E-state index contributed by atoms with van der Waals surface area (Å²) in [5, 5.41) is 37.9. The fourth-order valence-electron chi connectivity index (χ4n) is 3.17. The Balaban J connectivity index is 2.62. The van der Waals surface area contributed by atoms with Gasteiger partial charge in [-0.25, -0.2) is 9.59 Å². The van der Waals surface area contributed by atoms with Crippen molar-refractivity contribution in [3.05, 3.63) is 0 Å². The number of aliphatic hydroxyl groups excluding tert-OH is 3. The molecule has 13 heteroatoms. The van der Waals surface area contributed by atoms with Crippen molar-refractivity contribution < 1.29 is 48.7 Å². The van der Waals surface area contributed by atoms with Gasteiger partial charge in [-0.2, -0.15) is 0 Å². The number of rotatable bonds is 10. The molecule has 202 valence electrons. The number of alkyl carbamates (subject to hydrolysis) is 1. The van der Waals surface area contributed by atoms with Crippen molar-refractivity contribution in [2.24, 2.45) is 5.92 Å². The summed E-state index contributed by atoms with van der Waals surface area (Å²) >= 11 is 0. The highest BCUT2D eigenvalue weighted by atomic mass is 16.6. The van der Waals surface area contributed by atoms with Gasteiger partial charge in [-0.3, -0.25) is 9.59 Å². The Hall–Kier alpha value is -2.48. The number of hydrogen-bond acceptors (Lipinski definition) is 10. The molecular weight excluding hydrogens is 466 g/mol. The molecule has 0 aromatic heterocycles. The second-order valence-corrected chi connectivity index (χ2v) is 9.66. The first-order valence-corrected chi connectivity index (χ1v) is 11.6. The number of carbonyl (C=O) groups excluding carboxylic acids is 4. The predicted octanol–water partition coefficient (Wildman–Crippen LogP) is -1.08. The van der Waals surface area contributed by atoms with Gasteiger partial charge in [0, 0.05) is 6.42 Å². The van der Waals surface area contributed by atoms with Gasteiger partial charge in [0.1, 0.15) is 49.1 Å². The number of aliphatic hydroxyl groups is 3. The van der Waals surface area contributed by atoms with Gasteiger partial charge in [-0.05, 0) is 33.1 Å². The molecule has 3 amide bonds. The van der Waals surface area contributed by atoms with Gasteiger partial charge in [0.15, 0.2) is 6.29 Å². The Morgan fingerprint density at radius 3 is 2.20 bits per heavy atom. The second kappa shape index (κ2) is 13.6. The lowest BCUT2D eigenvalue weighted by Crippen LogP contribution is -2.64. The van der Waals surface area contributed by atoms with Crippen LogP contribution >= 0.6 is 0 Å². The minimum absolute atomic E-state index is 0.169. The first kappa shape index (κ1) is 30.6. The molecule has 0 radical (unpaired) electrons. The molecule has 1 aliphatic heterocycles. The van der Waals surface area contributed by atoms with Crippen LogP contribution in [0.3, 0.4) is 0 Å². The third-order valence-corrected chi connectivity index (χ3v) is 4.94. The van der Waals surface area contributed by atoms with Gasteiger partial charge in [0.25, 0.3) is 0 Å². The Bertz CT molecular complexity index is 739. The minimum Gasteiger partial charge on any atom is -0.461 e. The molecule has 0 saturated carbocycles. The van der Waals surface area contributed by atoms with E-state index in [9.17, 15) is 34.5 Å². The van der Waals surface area contributed by atoms with E-state index < -0.39 is 79.3 Å². The van der Waals surface area contributed by atoms with Crippen LogP contribution in [-0.2, 0) is 28.6 Å². The largest absolute Gasteiger partial charge is 0.461 e. The first-order valence-electron chi connectivity index (χ1n) is 11.6. The molecule has 1 saturated heterocycles. The van der Waals surface area contributed by atoms with Crippen LogP contribution < -0.4 is 16.0 Å². The predicted molar refractivity (Wildman–Crippen MR) is 122 cm³/mol. The topological polar surface area (TPSA) is 193 Å². The van der Waals surface area contributed by atoms with Crippen LogP contribution in [0.5, 0.6) is 0 Å². The molecule has 6 N–H and O–H groups in total. The number of carbonyl (C=O) groups is 4. The van der Waals surface area contributed by atoms with E-state index in [0.717, 1.165) is 0 Å². The highest BCUT2D eigenvalue weighted by Crippen LogP contribution is 2.21. The minimum atomic E-state index is -1.64. The maximum Gasteiger partial charge on any atom is 0.408 e. The number of ether oxygens (including phenoxy) is 3. The van der Waals surface area contributed by atoms with E-state index in [-0.39, 0.29) is 12.3 Å². The zero-order valence-electron chi connectivity index (χ0n) is 21.1. The highest BCUT2D eigenvalue weighted by molar-refractivity contribution is 5.87. The van der Waals surface area contributed by atoms with Gasteiger partial charge in [-0.15, -0.1) is 0 Å². The summed E-state index contributed by atoms with van der Waals surface area (Å²) in [5.41, 5.74) is -0.737. The van der Waals surface area contributed by atoms with Crippen LogP contribution in [0.15, 0.2) is 0 Å². The average molecular weight is 506 g/mol. The lowest BCUT2D eigenvalue weighted by atomic mass is 9.97. The summed E-state index contributed by atoms with van der Waals surface area (Å²) in [4.78, 5) is 48.2. The summed E-state index contributed by atoms with van der Waals surface area (Å²) < 4.78 is 15.4. The smallest absolute Gasteiger partial charge is 0.408 e. The molecule has 1 rings (SSSR count). The standard InChI is InChI=1S/C22H39N3O10/c1-7-8-13(26)24-16-18(29)17(28)12(34-20(16)31)10-33-19(30)15(11(2)3)25-14(27)9-23-21(32)35-22(4,5)6/h11-12,15-18,20,28-29,31H,7-10H2,1-6H3,(H,23,32)(H,24,26)(H,25,27)/t12-,15+,16-,17-,18-,20?/m1/s1. The molecule has 0 bridgehead atoms. The number of nitrogens with one attached hydrogen (secondary N) is 3. The number of amides is 3. The third kappa shape index (κ3) is 10.3. The first-order chi connectivity index (χ1) is 16.2. The van der Waals surface area contributed by atoms with E-state index >= 15 is 0 Å². The van der Waals surface area contributed by atoms with Crippen molar-refractivity contribution in [2.75, 3.05) is 13.2 Å². The molecule has 1 aliphatic rings. The molecule has 35 heavy (non-hydrogen) atoms. The van der Waals surface area contributed by atoms with Crippen molar-refractivity contribution in [3.8, 4) is 0 Å². The summed E-state index contributed by atoms with van der Waals surface area (Å²) in [6.45, 7) is 9.17. The Morgan fingerprint density at radius 2 is 1.66 bits per heavy atom. The SMILES string of the molecule is CCCC(=O)N[C@H]1C(O)O[C@H](COC(=O)[C@@H](NC(=O)CNC(=O)OC(C)(C)C)C(C)C)[C@@H](O)[C@@H]1O. The van der Waals surface area contributed by atoms with Crippen LogP contribution in [0.2, 0.25) is 0 Å². The van der Waals surface area contributed by atoms with Gasteiger partial charge < -0.3 is 45.5 Å². The van der Waals surface area contributed by atoms with Crippen LogP contribution in [0.4, 0.5) is 4.79 Å². The highest BCUT2D eigenvalue weighted by Gasteiger charge is 2.45. The maximum atomic E-state index is 12.6. The van der Waals surface area contributed by atoms with Crippen molar-refractivity contribution >= 4 is 23.9 Å². The summed E-state index contributed by atoms with van der Waals surface area (Å²) in [5.74, 6) is -2.31. The van der Waals surface area contributed by atoms with E-state index in [0.29, 0.717) is 6.42 Å².